The van der Waals surface area contributed by atoms with Crippen LogP contribution in [0.2, 0.25) is 0 Å². The standard InChI is InChI=1S/C10H7BrFN5O/c1-4-2-3-5(18-4)8-14-10(13)15-9-6(11)7(12)16-17(8)9/h2-3H,1H3,(H2,13,15). The summed E-state index contributed by atoms with van der Waals surface area (Å²) in [5.41, 5.74) is 5.85. The van der Waals surface area contributed by atoms with Crippen LogP contribution in [-0.2, 0) is 0 Å². The van der Waals surface area contributed by atoms with E-state index in [1.54, 1.807) is 19.1 Å². The minimum absolute atomic E-state index is 0.0205. The summed E-state index contributed by atoms with van der Waals surface area (Å²) < 4.78 is 20.3. The van der Waals surface area contributed by atoms with E-state index in [4.69, 9.17) is 10.2 Å². The molecular weight excluding hydrogens is 305 g/mol. The second-order valence-electron chi connectivity index (χ2n) is 3.66. The third kappa shape index (κ3) is 1.57. The van der Waals surface area contributed by atoms with Crippen LogP contribution in [0.15, 0.2) is 21.0 Å². The lowest BCUT2D eigenvalue weighted by atomic mass is 10.4. The molecule has 0 aliphatic heterocycles. The van der Waals surface area contributed by atoms with Gasteiger partial charge >= 0.3 is 0 Å². The largest absolute Gasteiger partial charge is 0.458 e. The molecule has 0 fully saturated rings. The number of hydrogen-bond acceptors (Lipinski definition) is 5. The number of nitrogens with zero attached hydrogens (tertiary/aromatic N) is 4. The average molecular weight is 312 g/mol. The number of rotatable bonds is 1. The molecule has 92 valence electrons. The van der Waals surface area contributed by atoms with E-state index in [-0.39, 0.29) is 16.1 Å². The molecule has 0 aliphatic carbocycles. The molecule has 0 atom stereocenters. The predicted octanol–water partition coefficient (Wildman–Crippen LogP) is 2.18. The van der Waals surface area contributed by atoms with E-state index < -0.39 is 5.95 Å². The minimum Gasteiger partial charge on any atom is -0.458 e. The van der Waals surface area contributed by atoms with E-state index in [2.05, 4.69) is 31.0 Å². The first-order valence-electron chi connectivity index (χ1n) is 5.00. The minimum atomic E-state index is -0.681. The van der Waals surface area contributed by atoms with Crippen molar-refractivity contribution in [2.75, 3.05) is 5.73 Å². The lowest BCUT2D eigenvalue weighted by molar-refractivity contribution is 0.536. The Morgan fingerprint density at radius 1 is 1.39 bits per heavy atom. The van der Waals surface area contributed by atoms with Crippen molar-refractivity contribution >= 4 is 27.5 Å². The maximum absolute atomic E-state index is 13.4. The van der Waals surface area contributed by atoms with Crippen LogP contribution in [-0.4, -0.2) is 19.6 Å². The van der Waals surface area contributed by atoms with Gasteiger partial charge in [0.05, 0.1) is 0 Å². The number of anilines is 1. The van der Waals surface area contributed by atoms with Crippen molar-refractivity contribution in [3.63, 3.8) is 0 Å². The smallest absolute Gasteiger partial charge is 0.249 e. The number of halogens is 2. The van der Waals surface area contributed by atoms with Crippen molar-refractivity contribution in [3.05, 3.63) is 28.3 Å². The van der Waals surface area contributed by atoms with Crippen molar-refractivity contribution in [1.29, 1.82) is 0 Å². The Morgan fingerprint density at radius 2 is 2.17 bits per heavy atom. The van der Waals surface area contributed by atoms with Gasteiger partial charge in [0.1, 0.15) is 10.2 Å². The maximum Gasteiger partial charge on any atom is 0.249 e. The van der Waals surface area contributed by atoms with Gasteiger partial charge in [-0.25, -0.2) is 0 Å². The van der Waals surface area contributed by atoms with Gasteiger partial charge in [-0.3, -0.25) is 0 Å². The van der Waals surface area contributed by atoms with E-state index in [1.807, 2.05) is 0 Å². The molecule has 3 rings (SSSR count). The molecule has 0 unspecified atom stereocenters. The normalized spacial score (nSPS) is 11.3. The second kappa shape index (κ2) is 3.77. The van der Waals surface area contributed by atoms with Gasteiger partial charge in [0.2, 0.25) is 17.7 Å². The molecule has 0 bridgehead atoms. The van der Waals surface area contributed by atoms with E-state index >= 15 is 0 Å². The molecule has 8 heteroatoms. The molecule has 2 N–H and O–H groups in total. The van der Waals surface area contributed by atoms with Crippen molar-refractivity contribution in [1.82, 2.24) is 19.6 Å². The Labute approximate surface area is 109 Å². The summed E-state index contributed by atoms with van der Waals surface area (Å²) in [5.74, 6) is 0.797. The number of aryl methyl sites for hydroxylation is 1. The summed E-state index contributed by atoms with van der Waals surface area (Å²) in [4.78, 5) is 7.95. The molecule has 0 aliphatic rings. The highest BCUT2D eigenvalue weighted by Gasteiger charge is 2.18. The Morgan fingerprint density at radius 3 is 2.83 bits per heavy atom. The molecule has 3 aromatic rings. The fraction of sp³-hybridized carbons (Fsp3) is 0.100. The van der Waals surface area contributed by atoms with Crippen LogP contribution >= 0.6 is 15.9 Å². The van der Waals surface area contributed by atoms with Gasteiger partial charge < -0.3 is 10.2 Å². The van der Waals surface area contributed by atoms with E-state index in [0.717, 1.165) is 0 Å². The van der Waals surface area contributed by atoms with Crippen LogP contribution in [0.3, 0.4) is 0 Å². The van der Waals surface area contributed by atoms with E-state index in [1.165, 1.54) is 4.52 Å². The highest BCUT2D eigenvalue weighted by Crippen LogP contribution is 2.26. The summed E-state index contributed by atoms with van der Waals surface area (Å²) in [6.45, 7) is 1.80. The number of nitrogen functional groups attached to an aromatic ring is 1. The highest BCUT2D eigenvalue weighted by molar-refractivity contribution is 9.10. The average Bonchev–Trinajstić information content (AvgIpc) is 2.86. The van der Waals surface area contributed by atoms with Gasteiger partial charge in [-0.1, -0.05) is 0 Å². The van der Waals surface area contributed by atoms with Gasteiger partial charge in [-0.2, -0.15) is 18.9 Å². The summed E-state index contributed by atoms with van der Waals surface area (Å²) in [6, 6.07) is 3.48. The molecule has 3 aromatic heterocycles. The van der Waals surface area contributed by atoms with Gasteiger partial charge in [0.15, 0.2) is 11.4 Å². The monoisotopic (exact) mass is 311 g/mol. The molecular formula is C10H7BrFN5O. The Bertz CT molecular complexity index is 750. The van der Waals surface area contributed by atoms with Gasteiger partial charge in [-0.05, 0) is 35.0 Å². The molecule has 0 radical (unpaired) electrons. The van der Waals surface area contributed by atoms with Crippen molar-refractivity contribution in [3.8, 4) is 11.6 Å². The highest BCUT2D eigenvalue weighted by atomic mass is 79.9. The van der Waals surface area contributed by atoms with Crippen LogP contribution in [0.1, 0.15) is 5.76 Å². The third-order valence-electron chi connectivity index (χ3n) is 2.37. The zero-order valence-corrected chi connectivity index (χ0v) is 10.8. The fourth-order valence-corrected chi connectivity index (χ4v) is 1.95. The van der Waals surface area contributed by atoms with Crippen molar-refractivity contribution < 1.29 is 8.81 Å². The topological polar surface area (TPSA) is 82.2 Å². The van der Waals surface area contributed by atoms with Gasteiger partial charge in [-0.15, -0.1) is 5.10 Å². The van der Waals surface area contributed by atoms with Crippen LogP contribution in [0.25, 0.3) is 17.2 Å². The predicted molar refractivity (Wildman–Crippen MR) is 65.3 cm³/mol. The first-order valence-corrected chi connectivity index (χ1v) is 5.79. The fourth-order valence-electron chi connectivity index (χ4n) is 1.61. The summed E-state index contributed by atoms with van der Waals surface area (Å²) in [5, 5.41) is 3.70. The zero-order chi connectivity index (χ0) is 12.9. The van der Waals surface area contributed by atoms with Gasteiger partial charge in [0.25, 0.3) is 0 Å². The van der Waals surface area contributed by atoms with Crippen LogP contribution in [0, 0.1) is 12.9 Å². The van der Waals surface area contributed by atoms with Crippen LogP contribution < -0.4 is 5.73 Å². The lowest BCUT2D eigenvalue weighted by Gasteiger charge is -2.01. The third-order valence-corrected chi connectivity index (χ3v) is 3.05. The maximum atomic E-state index is 13.4. The van der Waals surface area contributed by atoms with Gasteiger partial charge in [0, 0.05) is 0 Å². The molecule has 0 saturated heterocycles. The molecule has 6 nitrogen and oxygen atoms in total. The summed E-state index contributed by atoms with van der Waals surface area (Å²) in [6.07, 6.45) is 0. The molecule has 0 aromatic carbocycles. The lowest BCUT2D eigenvalue weighted by Crippen LogP contribution is -2.04. The van der Waals surface area contributed by atoms with Crippen LogP contribution in [0.4, 0.5) is 10.3 Å². The first kappa shape index (κ1) is 11.1. The van der Waals surface area contributed by atoms with Crippen molar-refractivity contribution in [2.45, 2.75) is 6.92 Å². The quantitative estimate of drug-likeness (QED) is 0.744. The first-order chi connectivity index (χ1) is 8.56. The number of furan rings is 1. The SMILES string of the molecule is Cc1ccc(-c2nc(N)nc3c(Br)c(F)nn23)o1. The van der Waals surface area contributed by atoms with Crippen LogP contribution in [0.5, 0.6) is 0 Å². The summed E-state index contributed by atoms with van der Waals surface area (Å²) >= 11 is 3.06. The number of hydrogen-bond donors (Lipinski definition) is 1. The Balaban J connectivity index is 2.38. The molecule has 0 saturated carbocycles. The zero-order valence-electron chi connectivity index (χ0n) is 9.19. The number of nitrogens with two attached hydrogens (primary N) is 1. The Kier molecular flexibility index (Phi) is 2.34. The molecule has 3 heterocycles. The number of fused-ring (bicyclic) bond motifs is 1. The molecule has 0 amide bonds. The Hall–Kier alpha value is -1.96. The van der Waals surface area contributed by atoms with Crippen molar-refractivity contribution in [2.24, 2.45) is 0 Å². The van der Waals surface area contributed by atoms with E-state index in [9.17, 15) is 4.39 Å². The second-order valence-corrected chi connectivity index (χ2v) is 4.45. The molecule has 0 spiro atoms. The van der Waals surface area contributed by atoms with E-state index in [0.29, 0.717) is 17.3 Å². The number of aromatic nitrogens is 4. The summed E-state index contributed by atoms with van der Waals surface area (Å²) in [7, 11) is 0. The molecule has 18 heavy (non-hydrogen) atoms.